The number of ether oxygens (including phenoxy) is 1. The lowest BCUT2D eigenvalue weighted by Gasteiger charge is -2.33. The van der Waals surface area contributed by atoms with Crippen molar-refractivity contribution in [3.8, 4) is 11.5 Å². The van der Waals surface area contributed by atoms with Crippen molar-refractivity contribution in [1.82, 2.24) is 9.80 Å². The summed E-state index contributed by atoms with van der Waals surface area (Å²) in [5, 5.41) is 8.97. The lowest BCUT2D eigenvalue weighted by Crippen LogP contribution is -2.47. The van der Waals surface area contributed by atoms with Crippen molar-refractivity contribution in [1.29, 1.82) is 0 Å². The number of carbonyl (C=O) groups is 1. The van der Waals surface area contributed by atoms with Gasteiger partial charge < -0.3 is 14.7 Å². The van der Waals surface area contributed by atoms with Crippen LogP contribution in [0.4, 0.5) is 13.6 Å². The van der Waals surface area contributed by atoms with E-state index in [4.69, 9.17) is 9.84 Å². The number of nitrogens with zero attached hydrogens (tertiary/aromatic N) is 2. The van der Waals surface area contributed by atoms with Crippen molar-refractivity contribution in [3.05, 3.63) is 59.7 Å². The summed E-state index contributed by atoms with van der Waals surface area (Å²) < 4.78 is 31.8. The average molecular weight is 348 g/mol. The Hall–Kier alpha value is -2.67. The molecule has 2 aromatic rings. The van der Waals surface area contributed by atoms with E-state index >= 15 is 0 Å². The highest BCUT2D eigenvalue weighted by Gasteiger charge is 2.20. The van der Waals surface area contributed by atoms with Crippen LogP contribution in [0.15, 0.2) is 42.5 Å². The van der Waals surface area contributed by atoms with Gasteiger partial charge in [-0.05, 0) is 29.8 Å². The zero-order valence-electron chi connectivity index (χ0n) is 13.5. The van der Waals surface area contributed by atoms with Crippen molar-refractivity contribution in [2.24, 2.45) is 0 Å². The second kappa shape index (κ2) is 7.48. The Bertz CT molecular complexity index is 762. The minimum Gasteiger partial charge on any atom is -0.465 e. The fraction of sp³-hybridized carbons (Fsp3) is 0.278. The molecule has 0 aromatic heterocycles. The molecule has 0 saturated carbocycles. The second-order valence-corrected chi connectivity index (χ2v) is 5.87. The Morgan fingerprint density at radius 2 is 1.72 bits per heavy atom. The van der Waals surface area contributed by atoms with Gasteiger partial charge >= 0.3 is 6.09 Å². The highest BCUT2D eigenvalue weighted by molar-refractivity contribution is 5.65. The Balaban J connectivity index is 1.62. The van der Waals surface area contributed by atoms with E-state index in [1.54, 1.807) is 6.07 Å². The highest BCUT2D eigenvalue weighted by Crippen LogP contribution is 2.24. The van der Waals surface area contributed by atoms with E-state index in [2.05, 4.69) is 4.90 Å². The normalized spacial score (nSPS) is 15.2. The number of rotatable bonds is 4. The van der Waals surface area contributed by atoms with Crippen molar-refractivity contribution in [2.45, 2.75) is 6.54 Å². The van der Waals surface area contributed by atoms with Gasteiger partial charge in [0.2, 0.25) is 0 Å². The van der Waals surface area contributed by atoms with Crippen LogP contribution in [-0.2, 0) is 6.54 Å². The number of hydrogen-bond donors (Lipinski definition) is 1. The predicted molar refractivity (Wildman–Crippen MR) is 87.7 cm³/mol. The van der Waals surface area contributed by atoms with Crippen LogP contribution >= 0.6 is 0 Å². The highest BCUT2D eigenvalue weighted by atomic mass is 19.2. The Morgan fingerprint density at radius 1 is 1.00 bits per heavy atom. The standard InChI is InChI=1S/C18H18F2N2O3/c19-16-5-4-15(11-17(16)20)25-14-3-1-2-13(10-14)12-21-6-8-22(9-7-21)18(23)24/h1-5,10-11H,6-9,12H2,(H,23,24). The summed E-state index contributed by atoms with van der Waals surface area (Å²) in [6.07, 6.45) is -0.887. The summed E-state index contributed by atoms with van der Waals surface area (Å²) in [6.45, 7) is 2.98. The van der Waals surface area contributed by atoms with Gasteiger partial charge in [0.05, 0.1) is 0 Å². The van der Waals surface area contributed by atoms with Gasteiger partial charge in [-0.15, -0.1) is 0 Å². The van der Waals surface area contributed by atoms with Crippen molar-refractivity contribution in [3.63, 3.8) is 0 Å². The Morgan fingerprint density at radius 3 is 2.40 bits per heavy atom. The number of amides is 1. The summed E-state index contributed by atoms with van der Waals surface area (Å²) >= 11 is 0. The second-order valence-electron chi connectivity index (χ2n) is 5.87. The number of benzene rings is 2. The molecule has 7 heteroatoms. The van der Waals surface area contributed by atoms with E-state index in [9.17, 15) is 13.6 Å². The van der Waals surface area contributed by atoms with Crippen LogP contribution in [0.25, 0.3) is 0 Å². The van der Waals surface area contributed by atoms with Crippen molar-refractivity contribution >= 4 is 6.09 Å². The molecule has 0 atom stereocenters. The third-order valence-corrected chi connectivity index (χ3v) is 4.07. The molecule has 5 nitrogen and oxygen atoms in total. The fourth-order valence-corrected chi connectivity index (χ4v) is 2.74. The van der Waals surface area contributed by atoms with Gasteiger partial charge in [0.15, 0.2) is 11.6 Å². The Kier molecular flexibility index (Phi) is 5.14. The van der Waals surface area contributed by atoms with Crippen LogP contribution in [0.1, 0.15) is 5.56 Å². The summed E-state index contributed by atoms with van der Waals surface area (Å²) in [5.74, 6) is -1.11. The quantitative estimate of drug-likeness (QED) is 0.918. The maximum Gasteiger partial charge on any atom is 0.407 e. The third-order valence-electron chi connectivity index (χ3n) is 4.07. The summed E-state index contributed by atoms with van der Waals surface area (Å²) in [6, 6.07) is 10.8. The molecule has 1 heterocycles. The molecule has 1 aliphatic rings. The zero-order chi connectivity index (χ0) is 17.8. The molecule has 2 aromatic carbocycles. The first-order valence-electron chi connectivity index (χ1n) is 7.93. The van der Waals surface area contributed by atoms with E-state index in [0.717, 1.165) is 17.7 Å². The lowest BCUT2D eigenvalue weighted by molar-refractivity contribution is 0.103. The topological polar surface area (TPSA) is 53.0 Å². The molecule has 0 spiro atoms. The monoisotopic (exact) mass is 348 g/mol. The SMILES string of the molecule is O=C(O)N1CCN(Cc2cccc(Oc3ccc(F)c(F)c3)c2)CC1. The molecule has 0 bridgehead atoms. The van der Waals surface area contributed by atoms with Gasteiger partial charge in [-0.3, -0.25) is 4.90 Å². The van der Waals surface area contributed by atoms with Crippen LogP contribution in [0.2, 0.25) is 0 Å². The van der Waals surface area contributed by atoms with Crippen molar-refractivity contribution < 1.29 is 23.4 Å². The molecular weight excluding hydrogens is 330 g/mol. The predicted octanol–water partition coefficient (Wildman–Crippen LogP) is 3.55. The molecule has 3 rings (SSSR count). The van der Waals surface area contributed by atoms with Gasteiger partial charge in [0.1, 0.15) is 11.5 Å². The molecular formula is C18H18F2N2O3. The lowest BCUT2D eigenvalue weighted by atomic mass is 10.2. The minimum atomic E-state index is -0.954. The van der Waals surface area contributed by atoms with E-state index in [1.165, 1.54) is 11.0 Å². The van der Waals surface area contributed by atoms with E-state index in [0.29, 0.717) is 38.5 Å². The van der Waals surface area contributed by atoms with Gasteiger partial charge in [-0.25, -0.2) is 13.6 Å². The average Bonchev–Trinajstić information content (AvgIpc) is 2.59. The van der Waals surface area contributed by atoms with Crippen LogP contribution < -0.4 is 4.74 Å². The Labute approximate surface area is 144 Å². The van der Waals surface area contributed by atoms with Crippen LogP contribution in [-0.4, -0.2) is 47.2 Å². The van der Waals surface area contributed by atoms with Crippen LogP contribution in [0.3, 0.4) is 0 Å². The molecule has 0 aliphatic carbocycles. The molecule has 25 heavy (non-hydrogen) atoms. The number of piperazine rings is 1. The summed E-state index contributed by atoms with van der Waals surface area (Å²) in [7, 11) is 0. The van der Waals surface area contributed by atoms with E-state index in [1.807, 2.05) is 18.2 Å². The van der Waals surface area contributed by atoms with Gasteiger partial charge in [-0.2, -0.15) is 0 Å². The molecule has 1 amide bonds. The number of hydrogen-bond acceptors (Lipinski definition) is 3. The van der Waals surface area contributed by atoms with Gasteiger partial charge in [0.25, 0.3) is 0 Å². The maximum absolute atomic E-state index is 13.3. The maximum atomic E-state index is 13.3. The molecule has 0 unspecified atom stereocenters. The first-order chi connectivity index (χ1) is 12.0. The fourth-order valence-electron chi connectivity index (χ4n) is 2.74. The van der Waals surface area contributed by atoms with Gasteiger partial charge in [-0.1, -0.05) is 12.1 Å². The minimum absolute atomic E-state index is 0.228. The van der Waals surface area contributed by atoms with Crippen molar-refractivity contribution in [2.75, 3.05) is 26.2 Å². The van der Waals surface area contributed by atoms with Gasteiger partial charge in [0, 0.05) is 38.8 Å². The molecule has 1 fully saturated rings. The molecule has 1 N–H and O–H groups in total. The van der Waals surface area contributed by atoms with E-state index < -0.39 is 17.7 Å². The van der Waals surface area contributed by atoms with Crippen LogP contribution in [0.5, 0.6) is 11.5 Å². The number of carboxylic acid groups (broad SMARTS) is 1. The zero-order valence-corrected chi connectivity index (χ0v) is 13.5. The molecule has 132 valence electrons. The summed E-state index contributed by atoms with van der Waals surface area (Å²) in [5.41, 5.74) is 1.00. The molecule has 0 radical (unpaired) electrons. The largest absolute Gasteiger partial charge is 0.465 e. The summed E-state index contributed by atoms with van der Waals surface area (Å²) in [4.78, 5) is 14.5. The molecule has 1 aliphatic heterocycles. The third kappa shape index (κ3) is 4.45. The smallest absolute Gasteiger partial charge is 0.407 e. The first kappa shape index (κ1) is 17.2. The molecule has 1 saturated heterocycles. The van der Waals surface area contributed by atoms with Crippen LogP contribution in [0, 0.1) is 11.6 Å². The van der Waals surface area contributed by atoms with E-state index in [-0.39, 0.29) is 5.75 Å². The number of halogens is 2. The first-order valence-corrected chi connectivity index (χ1v) is 7.93.